The third kappa shape index (κ3) is 4.75. The molecule has 0 saturated heterocycles. The Labute approximate surface area is 186 Å². The largest absolute Gasteiger partial charge is 0.497 e. The molecule has 0 unspecified atom stereocenters. The summed E-state index contributed by atoms with van der Waals surface area (Å²) in [5.41, 5.74) is 2.55. The lowest BCUT2D eigenvalue weighted by Crippen LogP contribution is -2.13. The summed E-state index contributed by atoms with van der Waals surface area (Å²) < 4.78 is 11.9. The number of ether oxygens (including phenoxy) is 2. The Balaban J connectivity index is 1.35. The average Bonchev–Trinajstić information content (AvgIpc) is 3.39. The van der Waals surface area contributed by atoms with Crippen LogP contribution in [-0.2, 0) is 10.5 Å². The summed E-state index contributed by atoms with van der Waals surface area (Å²) >= 11 is 4.58. The molecule has 4 aromatic rings. The minimum Gasteiger partial charge on any atom is -0.497 e. The van der Waals surface area contributed by atoms with Crippen LogP contribution in [-0.4, -0.2) is 35.8 Å². The molecular weight excluding hydrogens is 438 g/mol. The quantitative estimate of drug-likeness (QED) is 0.387. The van der Waals surface area contributed by atoms with Crippen LogP contribution in [0.2, 0.25) is 0 Å². The van der Waals surface area contributed by atoms with E-state index in [1.165, 1.54) is 27.8 Å². The van der Waals surface area contributed by atoms with Gasteiger partial charge in [0.25, 0.3) is 0 Å². The normalized spacial score (nSPS) is 10.9. The first-order valence-electron chi connectivity index (χ1n) is 9.06. The number of amides is 1. The van der Waals surface area contributed by atoms with Crippen molar-refractivity contribution in [1.29, 1.82) is 0 Å². The highest BCUT2D eigenvalue weighted by molar-refractivity contribution is 7.99. The second-order valence-electron chi connectivity index (χ2n) is 6.22. The molecule has 9 heteroatoms. The number of anilines is 1. The van der Waals surface area contributed by atoms with Crippen molar-refractivity contribution in [3.63, 3.8) is 0 Å². The second kappa shape index (κ2) is 9.46. The van der Waals surface area contributed by atoms with Crippen LogP contribution in [0.5, 0.6) is 11.5 Å². The van der Waals surface area contributed by atoms with E-state index in [2.05, 4.69) is 21.4 Å². The number of hydrogen-bond donors (Lipinski definition) is 1. The van der Waals surface area contributed by atoms with Crippen LogP contribution in [0.4, 0.5) is 5.13 Å². The van der Waals surface area contributed by atoms with Crippen molar-refractivity contribution in [2.75, 3.05) is 25.3 Å². The van der Waals surface area contributed by atoms with Crippen LogP contribution >= 0.6 is 34.4 Å². The Hall–Kier alpha value is -2.62. The Morgan fingerprint density at radius 2 is 2.00 bits per heavy atom. The maximum Gasteiger partial charge on any atom is 0.236 e. The van der Waals surface area contributed by atoms with Gasteiger partial charge in [0.1, 0.15) is 16.5 Å². The van der Waals surface area contributed by atoms with Crippen molar-refractivity contribution >= 4 is 55.7 Å². The van der Waals surface area contributed by atoms with Gasteiger partial charge in [-0.25, -0.2) is 9.97 Å². The monoisotopic (exact) mass is 457 g/mol. The predicted octanol–water partition coefficient (Wildman–Crippen LogP) is 5.31. The van der Waals surface area contributed by atoms with E-state index in [1.54, 1.807) is 25.6 Å². The summed E-state index contributed by atoms with van der Waals surface area (Å²) in [5, 5.41) is 6.34. The maximum absolute atomic E-state index is 12.3. The van der Waals surface area contributed by atoms with Crippen molar-refractivity contribution in [3.05, 3.63) is 52.9 Å². The van der Waals surface area contributed by atoms with Gasteiger partial charge in [0.2, 0.25) is 5.91 Å². The van der Waals surface area contributed by atoms with Crippen molar-refractivity contribution in [2.45, 2.75) is 5.75 Å². The minimum absolute atomic E-state index is 0.0837. The fraction of sp³-hybridized carbons (Fsp3) is 0.190. The second-order valence-corrected chi connectivity index (χ2v) is 9.18. The predicted molar refractivity (Wildman–Crippen MR) is 125 cm³/mol. The molecule has 0 aliphatic rings. The highest BCUT2D eigenvalue weighted by atomic mass is 32.2. The fourth-order valence-electron chi connectivity index (χ4n) is 2.84. The number of methoxy groups -OCH3 is 2. The lowest BCUT2D eigenvalue weighted by atomic mass is 10.1. The van der Waals surface area contributed by atoms with E-state index in [9.17, 15) is 4.79 Å². The minimum atomic E-state index is -0.0837. The molecule has 30 heavy (non-hydrogen) atoms. The number of carbonyl (C=O) groups is 1. The van der Waals surface area contributed by atoms with Crippen LogP contribution in [0.1, 0.15) is 5.01 Å². The van der Waals surface area contributed by atoms with E-state index < -0.39 is 0 Å². The van der Waals surface area contributed by atoms with Crippen molar-refractivity contribution in [1.82, 2.24) is 9.97 Å². The molecule has 2 aromatic heterocycles. The van der Waals surface area contributed by atoms with Crippen LogP contribution in [0.3, 0.4) is 0 Å². The molecule has 0 fully saturated rings. The van der Waals surface area contributed by atoms with E-state index in [-0.39, 0.29) is 5.91 Å². The summed E-state index contributed by atoms with van der Waals surface area (Å²) in [6, 6.07) is 13.6. The topological polar surface area (TPSA) is 73.3 Å². The average molecular weight is 458 g/mol. The van der Waals surface area contributed by atoms with E-state index in [0.717, 1.165) is 27.5 Å². The number of aromatic nitrogens is 2. The van der Waals surface area contributed by atoms with Gasteiger partial charge in [-0.1, -0.05) is 12.1 Å². The van der Waals surface area contributed by atoms with Crippen LogP contribution in [0, 0.1) is 0 Å². The first-order chi connectivity index (χ1) is 14.7. The third-order valence-corrected chi connectivity index (χ3v) is 7.15. The fourth-order valence-corrected chi connectivity index (χ4v) is 5.41. The molecule has 4 rings (SSSR count). The smallest absolute Gasteiger partial charge is 0.236 e. The zero-order chi connectivity index (χ0) is 20.9. The van der Waals surface area contributed by atoms with Crippen molar-refractivity contribution < 1.29 is 14.3 Å². The van der Waals surface area contributed by atoms with E-state index in [4.69, 9.17) is 9.47 Å². The van der Waals surface area contributed by atoms with Gasteiger partial charge in [-0.05, 0) is 30.3 Å². The van der Waals surface area contributed by atoms with Gasteiger partial charge in [0.05, 0.1) is 35.9 Å². The van der Waals surface area contributed by atoms with Gasteiger partial charge in [0, 0.05) is 16.7 Å². The highest BCUT2D eigenvalue weighted by Gasteiger charge is 2.13. The van der Waals surface area contributed by atoms with E-state index in [1.807, 2.05) is 41.8 Å². The molecule has 2 heterocycles. The molecule has 0 bridgehead atoms. The summed E-state index contributed by atoms with van der Waals surface area (Å²) in [7, 11) is 3.23. The zero-order valence-electron chi connectivity index (χ0n) is 16.4. The Bertz CT molecular complexity index is 1140. The summed E-state index contributed by atoms with van der Waals surface area (Å²) in [6.45, 7) is 0. The maximum atomic E-state index is 12.3. The van der Waals surface area contributed by atoms with Gasteiger partial charge in [0.15, 0.2) is 5.13 Å². The molecule has 0 saturated carbocycles. The van der Waals surface area contributed by atoms with Gasteiger partial charge < -0.3 is 14.8 Å². The molecule has 0 aliphatic carbocycles. The summed E-state index contributed by atoms with van der Waals surface area (Å²) in [6.07, 6.45) is 0. The zero-order valence-corrected chi connectivity index (χ0v) is 18.8. The highest BCUT2D eigenvalue weighted by Crippen LogP contribution is 2.35. The van der Waals surface area contributed by atoms with Crippen LogP contribution < -0.4 is 14.8 Å². The standard InChI is InChI=1S/C21H19N3O3S3/c1-26-13-7-8-17(27-2)14(9-13)16-10-29-21(23-16)24-19(25)11-28-12-20-22-15-5-3-4-6-18(15)30-20/h3-10H,11-12H2,1-2H3,(H,23,24,25). The third-order valence-electron chi connectivity index (χ3n) is 4.23. The Morgan fingerprint density at radius 3 is 2.80 bits per heavy atom. The Kier molecular flexibility index (Phi) is 6.51. The number of carbonyl (C=O) groups excluding carboxylic acids is 1. The molecule has 2 aromatic carbocycles. The number of benzene rings is 2. The molecule has 0 atom stereocenters. The summed E-state index contributed by atoms with van der Waals surface area (Å²) in [5.74, 6) is 2.38. The molecule has 1 amide bonds. The van der Waals surface area contributed by atoms with Gasteiger partial charge >= 0.3 is 0 Å². The molecular formula is C21H19N3O3S3. The number of thiazole rings is 2. The molecule has 0 aliphatic heterocycles. The number of hydrogen-bond acceptors (Lipinski definition) is 8. The number of nitrogens with one attached hydrogen (secondary N) is 1. The molecule has 6 nitrogen and oxygen atoms in total. The first-order valence-corrected chi connectivity index (χ1v) is 11.9. The van der Waals surface area contributed by atoms with Gasteiger partial charge in [-0.3, -0.25) is 4.79 Å². The number of para-hydroxylation sites is 1. The lowest BCUT2D eigenvalue weighted by Gasteiger charge is -2.08. The van der Waals surface area contributed by atoms with Gasteiger partial charge in [-0.2, -0.15) is 0 Å². The molecule has 0 spiro atoms. The molecule has 1 N–H and O–H groups in total. The van der Waals surface area contributed by atoms with Crippen LogP contribution in [0.25, 0.3) is 21.5 Å². The van der Waals surface area contributed by atoms with Crippen molar-refractivity contribution in [2.24, 2.45) is 0 Å². The van der Waals surface area contributed by atoms with Gasteiger partial charge in [-0.15, -0.1) is 34.4 Å². The van der Waals surface area contributed by atoms with Crippen LogP contribution in [0.15, 0.2) is 47.8 Å². The SMILES string of the molecule is COc1ccc(OC)c(-c2csc(NC(=O)CSCc3nc4ccccc4s3)n2)c1. The number of fused-ring (bicyclic) bond motifs is 1. The lowest BCUT2D eigenvalue weighted by molar-refractivity contribution is -0.113. The number of rotatable bonds is 8. The first kappa shape index (κ1) is 20.6. The molecule has 154 valence electrons. The molecule has 0 radical (unpaired) electrons. The van der Waals surface area contributed by atoms with E-state index >= 15 is 0 Å². The van der Waals surface area contributed by atoms with Crippen molar-refractivity contribution in [3.8, 4) is 22.8 Å². The number of nitrogens with zero attached hydrogens (tertiary/aromatic N) is 2. The summed E-state index contributed by atoms with van der Waals surface area (Å²) in [4.78, 5) is 21.4. The number of thioether (sulfide) groups is 1. The van der Waals surface area contributed by atoms with E-state index in [0.29, 0.717) is 22.4 Å². The Morgan fingerprint density at radius 1 is 1.13 bits per heavy atom.